The Hall–Kier alpha value is -1.43. The zero-order valence-corrected chi connectivity index (χ0v) is 6.88. The van der Waals surface area contributed by atoms with Crippen molar-refractivity contribution < 1.29 is 19.8 Å². The molecule has 0 atom stereocenters. The predicted molar refractivity (Wildman–Crippen MR) is 43.7 cm³/mol. The van der Waals surface area contributed by atoms with Gasteiger partial charge in [-0.2, -0.15) is 0 Å². The number of carboxylic acids is 2. The first-order chi connectivity index (χ1) is 6.11. The van der Waals surface area contributed by atoms with Gasteiger partial charge in [-0.1, -0.05) is 0 Å². The highest BCUT2D eigenvalue weighted by Gasteiger charge is 2.28. The van der Waals surface area contributed by atoms with Crippen LogP contribution < -0.4 is 0 Å². The van der Waals surface area contributed by atoms with Gasteiger partial charge < -0.3 is 10.2 Å². The van der Waals surface area contributed by atoms with Crippen LogP contribution in [0.2, 0.25) is 0 Å². The fourth-order valence-electron chi connectivity index (χ4n) is 1.06. The largest absolute Gasteiger partial charge is 0.481 e. The van der Waals surface area contributed by atoms with E-state index in [0.717, 1.165) is 0 Å². The molecule has 0 aromatic heterocycles. The van der Waals surface area contributed by atoms with Gasteiger partial charge in [0.05, 0.1) is 6.67 Å². The molecule has 0 saturated carbocycles. The smallest absolute Gasteiger partial charge is 0.319 e. The van der Waals surface area contributed by atoms with Crippen molar-refractivity contribution in [2.75, 3.05) is 19.8 Å². The first-order valence-corrected chi connectivity index (χ1v) is 3.77. The minimum absolute atomic E-state index is 0.00463. The molecule has 0 radical (unpaired) electrons. The number of carbonyl (C=O) groups is 2. The van der Waals surface area contributed by atoms with Crippen LogP contribution in [0.5, 0.6) is 0 Å². The number of rotatable bonds is 4. The third-order valence-corrected chi connectivity index (χ3v) is 1.79. The van der Waals surface area contributed by atoms with E-state index in [2.05, 4.69) is 4.99 Å². The maximum absolute atomic E-state index is 10.5. The quantitative estimate of drug-likeness (QED) is 0.556. The Labute approximate surface area is 74.5 Å². The van der Waals surface area contributed by atoms with Gasteiger partial charge in [-0.3, -0.25) is 19.5 Å². The molecule has 1 heterocycles. The molecule has 2 N–H and O–H groups in total. The molecule has 0 aliphatic carbocycles. The summed E-state index contributed by atoms with van der Waals surface area (Å²) < 4.78 is 0. The van der Waals surface area contributed by atoms with Crippen LogP contribution in [-0.4, -0.2) is 53.0 Å². The van der Waals surface area contributed by atoms with Crippen molar-refractivity contribution in [1.29, 1.82) is 0 Å². The van der Waals surface area contributed by atoms with Crippen LogP contribution in [0.1, 0.15) is 0 Å². The zero-order chi connectivity index (χ0) is 9.84. The standard InChI is InChI=1S/C7H10N2O4/c10-6(11)5(7(12)13)3-9-2-1-8-4-9/h1,5H,2-4H2,(H,10,11)(H,12,13). The number of hydrogen-bond acceptors (Lipinski definition) is 4. The molecule has 1 aliphatic rings. The number of carboxylic acid groups (broad SMARTS) is 2. The van der Waals surface area contributed by atoms with Crippen LogP contribution in [0, 0.1) is 5.92 Å². The molecule has 72 valence electrons. The summed E-state index contributed by atoms with van der Waals surface area (Å²) in [5.74, 6) is -3.97. The van der Waals surface area contributed by atoms with Crippen molar-refractivity contribution in [1.82, 2.24) is 4.90 Å². The lowest BCUT2D eigenvalue weighted by Gasteiger charge is -2.15. The molecule has 0 fully saturated rings. The van der Waals surface area contributed by atoms with Crippen molar-refractivity contribution in [2.45, 2.75) is 0 Å². The molecule has 0 aromatic carbocycles. The van der Waals surface area contributed by atoms with E-state index in [-0.39, 0.29) is 6.54 Å². The number of nitrogens with zero attached hydrogens (tertiary/aromatic N) is 2. The Kier molecular flexibility index (Phi) is 2.97. The SMILES string of the molecule is O=C(O)C(CN1CC=NC1)C(=O)O. The molecule has 0 saturated heterocycles. The minimum Gasteiger partial charge on any atom is -0.481 e. The molecule has 13 heavy (non-hydrogen) atoms. The van der Waals surface area contributed by atoms with Crippen molar-refractivity contribution in [3.05, 3.63) is 0 Å². The highest BCUT2D eigenvalue weighted by molar-refractivity contribution is 5.93. The number of hydrogen-bond donors (Lipinski definition) is 2. The molecule has 6 heteroatoms. The van der Waals surface area contributed by atoms with Crippen LogP contribution in [-0.2, 0) is 9.59 Å². The van der Waals surface area contributed by atoms with Gasteiger partial charge in [0.15, 0.2) is 5.92 Å². The lowest BCUT2D eigenvalue weighted by molar-refractivity contribution is -0.155. The van der Waals surface area contributed by atoms with E-state index in [4.69, 9.17) is 10.2 Å². The van der Waals surface area contributed by atoms with E-state index in [1.807, 2.05) is 0 Å². The Balaban J connectivity index is 2.47. The molecule has 0 amide bonds. The van der Waals surface area contributed by atoms with Crippen molar-refractivity contribution in [3.8, 4) is 0 Å². The molecular weight excluding hydrogens is 176 g/mol. The third kappa shape index (κ3) is 2.51. The summed E-state index contributed by atoms with van der Waals surface area (Å²) in [5.41, 5.74) is 0. The number of aliphatic carboxylic acids is 2. The Morgan fingerprint density at radius 2 is 2.08 bits per heavy atom. The fraction of sp³-hybridized carbons (Fsp3) is 0.571. The van der Waals surface area contributed by atoms with Crippen molar-refractivity contribution in [2.24, 2.45) is 10.9 Å². The van der Waals surface area contributed by atoms with Crippen LogP contribution in [0.3, 0.4) is 0 Å². The summed E-state index contributed by atoms with van der Waals surface area (Å²) >= 11 is 0. The molecule has 6 nitrogen and oxygen atoms in total. The molecule has 0 spiro atoms. The van der Waals surface area contributed by atoms with Crippen LogP contribution in [0.15, 0.2) is 4.99 Å². The summed E-state index contributed by atoms with van der Waals surface area (Å²) in [5, 5.41) is 17.1. The highest BCUT2D eigenvalue weighted by Crippen LogP contribution is 2.03. The molecular formula is C7H10N2O4. The molecule has 1 aliphatic heterocycles. The molecule has 0 aromatic rings. The Morgan fingerprint density at radius 1 is 1.46 bits per heavy atom. The normalized spacial score (nSPS) is 16.7. The van der Waals surface area contributed by atoms with E-state index < -0.39 is 17.9 Å². The van der Waals surface area contributed by atoms with Gasteiger partial charge in [0.2, 0.25) is 0 Å². The maximum atomic E-state index is 10.5. The predicted octanol–water partition coefficient (Wildman–Crippen LogP) is -0.884. The first kappa shape index (κ1) is 9.66. The third-order valence-electron chi connectivity index (χ3n) is 1.79. The van der Waals surface area contributed by atoms with E-state index in [1.54, 1.807) is 11.1 Å². The summed E-state index contributed by atoms with van der Waals surface area (Å²) in [6, 6.07) is 0. The maximum Gasteiger partial charge on any atom is 0.319 e. The van der Waals surface area contributed by atoms with Gasteiger partial charge in [0.25, 0.3) is 0 Å². The molecule has 0 bridgehead atoms. The number of aliphatic imine (C=N–C) groups is 1. The van der Waals surface area contributed by atoms with Crippen molar-refractivity contribution in [3.63, 3.8) is 0 Å². The summed E-state index contributed by atoms with van der Waals surface area (Å²) in [7, 11) is 0. The topological polar surface area (TPSA) is 90.2 Å². The fourth-order valence-corrected chi connectivity index (χ4v) is 1.06. The van der Waals surface area contributed by atoms with Gasteiger partial charge in [-0.05, 0) is 0 Å². The summed E-state index contributed by atoms with van der Waals surface area (Å²) in [4.78, 5) is 26.5. The second-order valence-electron chi connectivity index (χ2n) is 2.77. The zero-order valence-electron chi connectivity index (χ0n) is 6.88. The molecule has 1 rings (SSSR count). The van der Waals surface area contributed by atoms with E-state index >= 15 is 0 Å². The van der Waals surface area contributed by atoms with E-state index in [0.29, 0.717) is 13.2 Å². The van der Waals surface area contributed by atoms with Gasteiger partial charge in [-0.15, -0.1) is 0 Å². The van der Waals surface area contributed by atoms with Gasteiger partial charge in [0, 0.05) is 19.3 Å². The Morgan fingerprint density at radius 3 is 2.46 bits per heavy atom. The minimum atomic E-state index is -1.36. The van der Waals surface area contributed by atoms with Crippen LogP contribution in [0.25, 0.3) is 0 Å². The van der Waals surface area contributed by atoms with Gasteiger partial charge in [-0.25, -0.2) is 0 Å². The summed E-state index contributed by atoms with van der Waals surface area (Å²) in [6.07, 6.45) is 1.64. The first-order valence-electron chi connectivity index (χ1n) is 3.77. The van der Waals surface area contributed by atoms with Crippen molar-refractivity contribution >= 4 is 18.2 Å². The van der Waals surface area contributed by atoms with Crippen LogP contribution >= 0.6 is 0 Å². The average molecular weight is 186 g/mol. The van der Waals surface area contributed by atoms with Gasteiger partial charge in [0.1, 0.15) is 0 Å². The van der Waals surface area contributed by atoms with Crippen LogP contribution in [0.4, 0.5) is 0 Å². The van der Waals surface area contributed by atoms with E-state index in [9.17, 15) is 9.59 Å². The van der Waals surface area contributed by atoms with Gasteiger partial charge >= 0.3 is 11.9 Å². The lowest BCUT2D eigenvalue weighted by atomic mass is 10.1. The Bertz CT molecular complexity index is 229. The highest BCUT2D eigenvalue weighted by atomic mass is 16.4. The van der Waals surface area contributed by atoms with E-state index in [1.165, 1.54) is 0 Å². The second-order valence-corrected chi connectivity index (χ2v) is 2.77. The molecule has 0 unspecified atom stereocenters. The average Bonchev–Trinajstić information content (AvgIpc) is 2.50. The summed E-state index contributed by atoms with van der Waals surface area (Å²) in [6.45, 7) is 0.915. The second kappa shape index (κ2) is 3.99. The lowest BCUT2D eigenvalue weighted by Crippen LogP contribution is -2.36. The monoisotopic (exact) mass is 186 g/mol.